The van der Waals surface area contributed by atoms with Crippen molar-refractivity contribution in [3.8, 4) is 0 Å². The summed E-state index contributed by atoms with van der Waals surface area (Å²) in [5.74, 6) is -1.25. The topological polar surface area (TPSA) is 86.5 Å². The van der Waals surface area contributed by atoms with Crippen LogP contribution in [0.25, 0.3) is 5.57 Å². The zero-order chi connectivity index (χ0) is 17.6. The van der Waals surface area contributed by atoms with E-state index in [4.69, 9.17) is 4.74 Å². The normalized spacial score (nSPS) is 21.4. The zero-order valence-corrected chi connectivity index (χ0v) is 12.8. The van der Waals surface area contributed by atoms with Crippen molar-refractivity contribution in [1.82, 2.24) is 0 Å². The molecule has 2 aromatic rings. The predicted octanol–water partition coefficient (Wildman–Crippen LogP) is 2.88. The van der Waals surface area contributed by atoms with Crippen molar-refractivity contribution in [3.05, 3.63) is 99.3 Å². The maximum atomic E-state index is 12.3. The molecular formula is C19H11NO5. The Hall–Kier alpha value is -3.54. The molecule has 0 saturated carbocycles. The van der Waals surface area contributed by atoms with E-state index >= 15 is 0 Å². The number of nitrogens with zero attached hydrogens (tertiary/aromatic N) is 1. The maximum absolute atomic E-state index is 12.3. The second-order valence-electron chi connectivity index (χ2n) is 5.72. The molecule has 0 fully saturated rings. The molecule has 2 aliphatic rings. The van der Waals surface area contributed by atoms with Crippen LogP contribution in [-0.4, -0.2) is 16.7 Å². The third-order valence-corrected chi connectivity index (χ3v) is 4.36. The van der Waals surface area contributed by atoms with E-state index in [0.717, 1.165) is 0 Å². The fourth-order valence-electron chi connectivity index (χ4n) is 3.35. The van der Waals surface area contributed by atoms with Crippen LogP contribution in [0.4, 0.5) is 0 Å². The van der Waals surface area contributed by atoms with Gasteiger partial charge < -0.3 is 4.74 Å². The summed E-state index contributed by atoms with van der Waals surface area (Å²) in [5, 5.41) is 11.6. The molecule has 6 nitrogen and oxygen atoms in total. The van der Waals surface area contributed by atoms with Crippen molar-refractivity contribution in [3.63, 3.8) is 0 Å². The second-order valence-corrected chi connectivity index (χ2v) is 5.72. The van der Waals surface area contributed by atoms with E-state index in [2.05, 4.69) is 0 Å². The lowest BCUT2D eigenvalue weighted by molar-refractivity contribution is -0.418. The van der Waals surface area contributed by atoms with Gasteiger partial charge in [0.1, 0.15) is 0 Å². The number of hydrogen-bond acceptors (Lipinski definition) is 5. The molecule has 2 aromatic carbocycles. The number of hydrogen-bond donors (Lipinski definition) is 0. The SMILES string of the molecule is O=C1OC2(C=CC(=O)c3ccccc32)C(c2ccccc2)=C1[N+](=O)[O-]. The van der Waals surface area contributed by atoms with Crippen LogP contribution in [0.2, 0.25) is 0 Å². The van der Waals surface area contributed by atoms with Crippen molar-refractivity contribution in [1.29, 1.82) is 0 Å². The molecule has 6 heteroatoms. The summed E-state index contributed by atoms with van der Waals surface area (Å²) in [4.78, 5) is 35.3. The van der Waals surface area contributed by atoms with Crippen molar-refractivity contribution in [2.45, 2.75) is 5.60 Å². The molecule has 0 saturated heterocycles. The zero-order valence-electron chi connectivity index (χ0n) is 12.8. The number of nitro groups is 1. The fourth-order valence-corrected chi connectivity index (χ4v) is 3.35. The van der Waals surface area contributed by atoms with Crippen LogP contribution in [-0.2, 0) is 15.1 Å². The van der Waals surface area contributed by atoms with Crippen molar-refractivity contribution < 1.29 is 19.2 Å². The molecule has 1 aliphatic carbocycles. The van der Waals surface area contributed by atoms with E-state index in [1.165, 1.54) is 12.2 Å². The molecule has 1 aliphatic heterocycles. The van der Waals surface area contributed by atoms with Crippen molar-refractivity contribution >= 4 is 17.3 Å². The summed E-state index contributed by atoms with van der Waals surface area (Å²) in [5.41, 5.74) is -0.679. The summed E-state index contributed by atoms with van der Waals surface area (Å²) >= 11 is 0. The van der Waals surface area contributed by atoms with E-state index in [1.54, 1.807) is 54.6 Å². The van der Waals surface area contributed by atoms with Gasteiger partial charge in [-0.2, -0.15) is 0 Å². The Morgan fingerprint density at radius 2 is 1.64 bits per heavy atom. The molecule has 0 N–H and O–H groups in total. The van der Waals surface area contributed by atoms with Crippen LogP contribution in [0.1, 0.15) is 21.5 Å². The molecule has 0 amide bonds. The lowest BCUT2D eigenvalue weighted by Gasteiger charge is -2.31. The van der Waals surface area contributed by atoms with Crippen LogP contribution in [0, 0.1) is 10.1 Å². The number of carbonyl (C=O) groups is 2. The van der Waals surface area contributed by atoms with E-state index < -0.39 is 22.2 Å². The van der Waals surface area contributed by atoms with Gasteiger partial charge in [0, 0.05) is 11.1 Å². The third kappa shape index (κ3) is 2.04. The fraction of sp³-hybridized carbons (Fsp3) is 0.0526. The minimum Gasteiger partial charge on any atom is -0.436 e. The van der Waals surface area contributed by atoms with Gasteiger partial charge in [-0.1, -0.05) is 54.6 Å². The average Bonchev–Trinajstić information content (AvgIpc) is 2.93. The Balaban J connectivity index is 2.09. The highest BCUT2D eigenvalue weighted by Crippen LogP contribution is 2.50. The van der Waals surface area contributed by atoms with E-state index in [-0.39, 0.29) is 11.4 Å². The first-order valence-electron chi connectivity index (χ1n) is 7.55. The van der Waals surface area contributed by atoms with Crippen LogP contribution >= 0.6 is 0 Å². The number of benzene rings is 2. The van der Waals surface area contributed by atoms with E-state index in [0.29, 0.717) is 16.7 Å². The van der Waals surface area contributed by atoms with Gasteiger partial charge in [0.05, 0.1) is 10.5 Å². The van der Waals surface area contributed by atoms with Gasteiger partial charge in [0.15, 0.2) is 11.4 Å². The molecule has 0 radical (unpaired) electrons. The first-order chi connectivity index (χ1) is 12.0. The van der Waals surface area contributed by atoms with Gasteiger partial charge in [0.25, 0.3) is 0 Å². The lowest BCUT2D eigenvalue weighted by Crippen LogP contribution is -2.31. The van der Waals surface area contributed by atoms with Crippen LogP contribution in [0.3, 0.4) is 0 Å². The average molecular weight is 333 g/mol. The van der Waals surface area contributed by atoms with Crippen LogP contribution in [0.5, 0.6) is 0 Å². The van der Waals surface area contributed by atoms with Gasteiger partial charge >= 0.3 is 11.7 Å². The molecular weight excluding hydrogens is 322 g/mol. The van der Waals surface area contributed by atoms with Crippen molar-refractivity contribution in [2.75, 3.05) is 0 Å². The molecule has 0 bridgehead atoms. The highest BCUT2D eigenvalue weighted by Gasteiger charge is 2.55. The van der Waals surface area contributed by atoms with Gasteiger partial charge in [-0.25, -0.2) is 4.79 Å². The van der Waals surface area contributed by atoms with Gasteiger partial charge in [-0.15, -0.1) is 0 Å². The van der Waals surface area contributed by atoms with Crippen molar-refractivity contribution in [2.24, 2.45) is 0 Å². The van der Waals surface area contributed by atoms with Gasteiger partial charge in [0.2, 0.25) is 0 Å². The summed E-state index contributed by atoms with van der Waals surface area (Å²) in [6, 6.07) is 15.2. The van der Waals surface area contributed by atoms with Gasteiger partial charge in [-0.05, 0) is 17.7 Å². The molecule has 1 unspecified atom stereocenters. The molecule has 1 spiro atoms. The number of ketones is 1. The summed E-state index contributed by atoms with van der Waals surface area (Å²) in [6.45, 7) is 0. The Labute approximate surface area is 142 Å². The molecule has 4 rings (SSSR count). The molecule has 1 heterocycles. The highest BCUT2D eigenvalue weighted by atomic mass is 16.6. The second kappa shape index (κ2) is 5.24. The minimum atomic E-state index is -1.48. The van der Waals surface area contributed by atoms with Crippen LogP contribution < -0.4 is 0 Å². The first-order valence-corrected chi connectivity index (χ1v) is 7.55. The largest absolute Gasteiger partial charge is 0.436 e. The molecule has 25 heavy (non-hydrogen) atoms. The number of rotatable bonds is 2. The lowest BCUT2D eigenvalue weighted by atomic mass is 9.76. The highest BCUT2D eigenvalue weighted by molar-refractivity contribution is 6.11. The Kier molecular flexibility index (Phi) is 3.15. The Morgan fingerprint density at radius 1 is 0.960 bits per heavy atom. The summed E-state index contributed by atoms with van der Waals surface area (Å²) < 4.78 is 5.51. The number of ether oxygens (including phenoxy) is 1. The van der Waals surface area contributed by atoms with Crippen LogP contribution in [0.15, 0.2) is 72.4 Å². The van der Waals surface area contributed by atoms with E-state index in [9.17, 15) is 19.7 Å². The Bertz CT molecular complexity index is 990. The third-order valence-electron chi connectivity index (χ3n) is 4.36. The number of carbonyl (C=O) groups excluding carboxylic acids is 2. The first kappa shape index (κ1) is 15.0. The quantitative estimate of drug-likeness (QED) is 0.479. The summed E-state index contributed by atoms with van der Waals surface area (Å²) in [6.07, 6.45) is 2.72. The van der Waals surface area contributed by atoms with Gasteiger partial charge in [-0.3, -0.25) is 14.9 Å². The molecule has 1 atom stereocenters. The molecule has 122 valence electrons. The van der Waals surface area contributed by atoms with E-state index in [1.807, 2.05) is 0 Å². The smallest absolute Gasteiger partial charge is 0.411 e. The number of allylic oxidation sites excluding steroid dienone is 1. The minimum absolute atomic E-state index is 0.138. The predicted molar refractivity (Wildman–Crippen MR) is 88.0 cm³/mol. The number of fused-ring (bicyclic) bond motifs is 2. The standard InChI is InChI=1S/C19H11NO5/c21-15-10-11-19(14-9-5-4-8-13(14)15)16(12-6-2-1-3-7-12)17(20(23)24)18(22)25-19/h1-11H. The number of esters is 1. The Morgan fingerprint density at radius 3 is 2.36 bits per heavy atom. The monoisotopic (exact) mass is 333 g/mol. The maximum Gasteiger partial charge on any atom is 0.411 e. The summed E-state index contributed by atoms with van der Waals surface area (Å²) in [7, 11) is 0. The molecule has 0 aromatic heterocycles.